The summed E-state index contributed by atoms with van der Waals surface area (Å²) >= 11 is 0. The summed E-state index contributed by atoms with van der Waals surface area (Å²) in [5.41, 5.74) is 1.05. The number of aliphatic imine (C=N–C) groups is 1. The molecule has 0 amide bonds. The van der Waals surface area contributed by atoms with Gasteiger partial charge in [-0.1, -0.05) is 13.8 Å². The molecule has 0 saturated heterocycles. The molecule has 68 valence electrons. The topological polar surface area (TPSA) is 45.4 Å². The summed E-state index contributed by atoms with van der Waals surface area (Å²) < 4.78 is 4.62. The largest absolute Gasteiger partial charge is 0.481 e. The van der Waals surface area contributed by atoms with Crippen LogP contribution in [0.2, 0.25) is 0 Å². The number of rotatable bonds is 3. The standard InChI is InChI=1S/C9H16N2O/c1-7(2)8(3)11-6-5-9(10)12-4/h5-7,10H,1-4H3/b6-5-,10-9?,11-8+. The molecule has 0 radical (unpaired) electrons. The normalized spacial score (nSPS) is 12.6. The fraction of sp³-hybridized carbons (Fsp3) is 0.556. The average molecular weight is 168 g/mol. The summed E-state index contributed by atoms with van der Waals surface area (Å²) in [7, 11) is 1.46. The van der Waals surface area contributed by atoms with Gasteiger partial charge in [0, 0.05) is 18.0 Å². The SMILES string of the molecule is COC(=N)/C=C\N=C(/C)C(C)C. The van der Waals surface area contributed by atoms with Crippen LogP contribution in [0, 0.1) is 11.3 Å². The Morgan fingerprint density at radius 3 is 2.50 bits per heavy atom. The second-order valence-corrected chi connectivity index (χ2v) is 2.81. The molecule has 0 saturated carbocycles. The van der Waals surface area contributed by atoms with Crippen molar-refractivity contribution in [3.63, 3.8) is 0 Å². The van der Waals surface area contributed by atoms with Gasteiger partial charge in [0.15, 0.2) is 0 Å². The highest BCUT2D eigenvalue weighted by Gasteiger charge is 1.94. The number of nitrogens with one attached hydrogen (secondary N) is 1. The monoisotopic (exact) mass is 168 g/mol. The summed E-state index contributed by atoms with van der Waals surface area (Å²) in [5, 5.41) is 7.11. The third kappa shape index (κ3) is 4.66. The van der Waals surface area contributed by atoms with Crippen molar-refractivity contribution in [3.05, 3.63) is 12.3 Å². The lowest BCUT2D eigenvalue weighted by Crippen LogP contribution is -2.00. The van der Waals surface area contributed by atoms with Crippen LogP contribution in [-0.4, -0.2) is 18.7 Å². The molecular weight excluding hydrogens is 152 g/mol. The lowest BCUT2D eigenvalue weighted by Gasteiger charge is -2.00. The van der Waals surface area contributed by atoms with E-state index in [-0.39, 0.29) is 5.90 Å². The Morgan fingerprint density at radius 1 is 1.50 bits per heavy atom. The van der Waals surface area contributed by atoms with E-state index in [1.54, 1.807) is 6.20 Å². The van der Waals surface area contributed by atoms with Gasteiger partial charge in [-0.25, -0.2) is 0 Å². The van der Waals surface area contributed by atoms with Crippen LogP contribution >= 0.6 is 0 Å². The molecule has 0 unspecified atom stereocenters. The molecule has 3 heteroatoms. The molecule has 0 aromatic carbocycles. The van der Waals surface area contributed by atoms with E-state index < -0.39 is 0 Å². The third-order valence-electron chi connectivity index (χ3n) is 1.56. The first-order chi connectivity index (χ1) is 5.57. The third-order valence-corrected chi connectivity index (χ3v) is 1.56. The second-order valence-electron chi connectivity index (χ2n) is 2.81. The first-order valence-electron chi connectivity index (χ1n) is 3.91. The molecular formula is C9H16N2O. The van der Waals surface area contributed by atoms with E-state index in [1.807, 2.05) is 6.92 Å². The first kappa shape index (κ1) is 10.9. The van der Waals surface area contributed by atoms with Crippen molar-refractivity contribution in [3.8, 4) is 0 Å². The van der Waals surface area contributed by atoms with Gasteiger partial charge in [0.1, 0.15) is 0 Å². The summed E-state index contributed by atoms with van der Waals surface area (Å²) in [6, 6.07) is 0. The van der Waals surface area contributed by atoms with Crippen molar-refractivity contribution in [1.29, 1.82) is 5.41 Å². The van der Waals surface area contributed by atoms with Crippen molar-refractivity contribution in [2.75, 3.05) is 7.11 Å². The highest BCUT2D eigenvalue weighted by atomic mass is 16.5. The average Bonchev–Trinajstić information content (AvgIpc) is 2.03. The number of nitrogens with zero attached hydrogens (tertiary/aromatic N) is 1. The van der Waals surface area contributed by atoms with Gasteiger partial charge in [0.2, 0.25) is 5.90 Å². The summed E-state index contributed by atoms with van der Waals surface area (Å²) in [6.07, 6.45) is 3.10. The van der Waals surface area contributed by atoms with Crippen molar-refractivity contribution < 1.29 is 4.74 Å². The molecule has 1 N–H and O–H groups in total. The highest BCUT2D eigenvalue weighted by molar-refractivity contribution is 5.87. The van der Waals surface area contributed by atoms with Gasteiger partial charge in [-0.05, 0) is 12.8 Å². The number of hydrogen-bond acceptors (Lipinski definition) is 3. The Morgan fingerprint density at radius 2 is 2.08 bits per heavy atom. The molecule has 3 nitrogen and oxygen atoms in total. The minimum Gasteiger partial charge on any atom is -0.481 e. The van der Waals surface area contributed by atoms with Gasteiger partial charge >= 0.3 is 0 Å². The van der Waals surface area contributed by atoms with E-state index in [2.05, 4.69) is 23.6 Å². The number of methoxy groups -OCH3 is 1. The maximum atomic E-state index is 7.11. The van der Waals surface area contributed by atoms with Gasteiger partial charge < -0.3 is 4.74 Å². The molecule has 0 aliphatic heterocycles. The van der Waals surface area contributed by atoms with E-state index in [1.165, 1.54) is 13.2 Å². The zero-order chi connectivity index (χ0) is 9.56. The molecule has 12 heavy (non-hydrogen) atoms. The smallest absolute Gasteiger partial charge is 0.206 e. The Bertz CT molecular complexity index is 205. The van der Waals surface area contributed by atoms with Crippen molar-refractivity contribution in [1.82, 2.24) is 0 Å². The van der Waals surface area contributed by atoms with Crippen LogP contribution in [-0.2, 0) is 4.74 Å². The van der Waals surface area contributed by atoms with Crippen LogP contribution in [0.15, 0.2) is 17.3 Å². The Balaban J connectivity index is 4.03. The molecule has 0 aliphatic rings. The quantitative estimate of drug-likeness (QED) is 0.509. The molecule has 0 rings (SSSR count). The zero-order valence-electron chi connectivity index (χ0n) is 8.09. The fourth-order valence-corrected chi connectivity index (χ4v) is 0.440. The van der Waals surface area contributed by atoms with Crippen molar-refractivity contribution in [2.45, 2.75) is 20.8 Å². The lowest BCUT2D eigenvalue weighted by molar-refractivity contribution is 0.403. The first-order valence-corrected chi connectivity index (χ1v) is 3.91. The molecule has 0 bridgehead atoms. The van der Waals surface area contributed by atoms with Crippen LogP contribution in [0.5, 0.6) is 0 Å². The minimum absolute atomic E-state index is 0.121. The maximum Gasteiger partial charge on any atom is 0.206 e. The number of hydrogen-bond donors (Lipinski definition) is 1. The van der Waals surface area contributed by atoms with E-state index in [9.17, 15) is 0 Å². The van der Waals surface area contributed by atoms with Gasteiger partial charge in [0.05, 0.1) is 7.11 Å². The molecule has 0 aliphatic carbocycles. The van der Waals surface area contributed by atoms with Gasteiger partial charge in [-0.15, -0.1) is 0 Å². The predicted octanol–water partition coefficient (Wildman–Crippen LogP) is 2.24. The highest BCUT2D eigenvalue weighted by Crippen LogP contribution is 1.96. The Kier molecular flexibility index (Phi) is 5.00. The van der Waals surface area contributed by atoms with Crippen LogP contribution in [0.4, 0.5) is 0 Å². The zero-order valence-corrected chi connectivity index (χ0v) is 8.09. The Hall–Kier alpha value is -1.12. The van der Waals surface area contributed by atoms with Gasteiger partial charge in [-0.3, -0.25) is 10.4 Å². The van der Waals surface area contributed by atoms with Gasteiger partial charge in [0.25, 0.3) is 0 Å². The number of ether oxygens (including phenoxy) is 1. The van der Waals surface area contributed by atoms with Crippen molar-refractivity contribution in [2.24, 2.45) is 10.9 Å². The van der Waals surface area contributed by atoms with Gasteiger partial charge in [-0.2, -0.15) is 0 Å². The summed E-state index contributed by atoms with van der Waals surface area (Å²) in [6.45, 7) is 6.12. The maximum absolute atomic E-state index is 7.11. The molecule has 0 aromatic heterocycles. The summed E-state index contributed by atoms with van der Waals surface area (Å²) in [5.74, 6) is 0.571. The molecule has 0 spiro atoms. The van der Waals surface area contributed by atoms with Crippen molar-refractivity contribution >= 4 is 11.6 Å². The van der Waals surface area contributed by atoms with E-state index >= 15 is 0 Å². The summed E-state index contributed by atoms with van der Waals surface area (Å²) in [4.78, 5) is 4.13. The molecule has 0 fully saturated rings. The minimum atomic E-state index is 0.121. The van der Waals surface area contributed by atoms with E-state index in [0.717, 1.165) is 5.71 Å². The molecule has 0 atom stereocenters. The second kappa shape index (κ2) is 5.52. The van der Waals surface area contributed by atoms with E-state index in [0.29, 0.717) is 5.92 Å². The van der Waals surface area contributed by atoms with Crippen LogP contribution < -0.4 is 0 Å². The van der Waals surface area contributed by atoms with Crippen LogP contribution in [0.1, 0.15) is 20.8 Å². The van der Waals surface area contributed by atoms with Crippen LogP contribution in [0.3, 0.4) is 0 Å². The lowest BCUT2D eigenvalue weighted by atomic mass is 10.1. The molecule has 0 heterocycles. The fourth-order valence-electron chi connectivity index (χ4n) is 0.440. The van der Waals surface area contributed by atoms with E-state index in [4.69, 9.17) is 5.41 Å². The Labute approximate surface area is 73.7 Å². The predicted molar refractivity (Wildman–Crippen MR) is 51.8 cm³/mol. The molecule has 0 aromatic rings. The van der Waals surface area contributed by atoms with Crippen LogP contribution in [0.25, 0.3) is 0 Å².